The molecule has 0 radical (unpaired) electrons. The molecule has 0 aliphatic carbocycles. The number of benzene rings is 2. The second-order valence-electron chi connectivity index (χ2n) is 7.04. The van der Waals surface area contributed by atoms with E-state index in [0.717, 1.165) is 5.56 Å². The number of nitrogens with zero attached hydrogens (tertiary/aromatic N) is 2. The Morgan fingerprint density at radius 3 is 2.66 bits per heavy atom. The summed E-state index contributed by atoms with van der Waals surface area (Å²) >= 11 is 1.59. The third kappa shape index (κ3) is 4.12. The summed E-state index contributed by atoms with van der Waals surface area (Å²) in [4.78, 5) is 40.3. The molecular formula is C21H20FN3O3S. The van der Waals surface area contributed by atoms with E-state index in [9.17, 15) is 18.8 Å². The highest BCUT2D eigenvalue weighted by Crippen LogP contribution is 2.26. The van der Waals surface area contributed by atoms with E-state index in [0.29, 0.717) is 29.3 Å². The van der Waals surface area contributed by atoms with Gasteiger partial charge in [0, 0.05) is 30.0 Å². The number of carbonyl (C=O) groups is 3. The van der Waals surface area contributed by atoms with Crippen molar-refractivity contribution in [2.24, 2.45) is 0 Å². The highest BCUT2D eigenvalue weighted by Gasteiger charge is 2.42. The molecule has 150 valence electrons. The van der Waals surface area contributed by atoms with Crippen molar-refractivity contribution in [1.29, 1.82) is 0 Å². The van der Waals surface area contributed by atoms with Crippen LogP contribution in [0.15, 0.2) is 48.5 Å². The molecule has 2 aromatic carbocycles. The monoisotopic (exact) mass is 413 g/mol. The van der Waals surface area contributed by atoms with Crippen molar-refractivity contribution in [3.05, 3.63) is 71.0 Å². The fraction of sp³-hybridized carbons (Fsp3) is 0.286. The van der Waals surface area contributed by atoms with E-state index in [1.807, 2.05) is 0 Å². The number of nitrogens with one attached hydrogen (secondary N) is 1. The maximum absolute atomic E-state index is 13.6. The lowest BCUT2D eigenvalue weighted by atomic mass is 10.1. The molecule has 2 aliphatic heterocycles. The predicted octanol–water partition coefficient (Wildman–Crippen LogP) is 2.00. The summed E-state index contributed by atoms with van der Waals surface area (Å²) in [6, 6.07) is 12.8. The first kappa shape index (κ1) is 19.4. The average Bonchev–Trinajstić information content (AvgIpc) is 3.22. The Morgan fingerprint density at radius 1 is 1.14 bits per heavy atom. The third-order valence-corrected chi connectivity index (χ3v) is 6.12. The molecule has 0 bridgehead atoms. The third-order valence-electron chi connectivity index (χ3n) is 5.11. The molecule has 2 aromatic rings. The van der Waals surface area contributed by atoms with E-state index in [1.165, 1.54) is 6.07 Å². The van der Waals surface area contributed by atoms with Crippen LogP contribution < -0.4 is 5.32 Å². The summed E-state index contributed by atoms with van der Waals surface area (Å²) in [7, 11) is 0. The van der Waals surface area contributed by atoms with Crippen molar-refractivity contribution in [2.75, 3.05) is 18.2 Å². The number of piperazine rings is 1. The minimum absolute atomic E-state index is 0.0243. The van der Waals surface area contributed by atoms with Crippen molar-refractivity contribution in [2.45, 2.75) is 19.1 Å². The molecule has 0 spiro atoms. The molecule has 4 rings (SSSR count). The van der Waals surface area contributed by atoms with Gasteiger partial charge in [-0.2, -0.15) is 0 Å². The fourth-order valence-electron chi connectivity index (χ4n) is 3.47. The average molecular weight is 413 g/mol. The molecule has 3 amide bonds. The lowest BCUT2D eigenvalue weighted by molar-refractivity contribution is -0.153. The molecule has 2 aliphatic rings. The molecule has 8 heteroatoms. The molecular weight excluding hydrogens is 393 g/mol. The Labute approximate surface area is 172 Å². The smallest absolute Gasteiger partial charge is 0.251 e. The highest BCUT2D eigenvalue weighted by molar-refractivity contribution is 7.99. The number of hydrogen-bond acceptors (Lipinski definition) is 4. The van der Waals surface area contributed by atoms with Crippen LogP contribution in [-0.2, 0) is 22.7 Å². The van der Waals surface area contributed by atoms with Gasteiger partial charge in [0.1, 0.15) is 18.4 Å². The van der Waals surface area contributed by atoms with E-state index >= 15 is 0 Å². The van der Waals surface area contributed by atoms with Gasteiger partial charge < -0.3 is 15.1 Å². The molecule has 6 nitrogen and oxygen atoms in total. The van der Waals surface area contributed by atoms with Crippen molar-refractivity contribution in [1.82, 2.24) is 15.1 Å². The maximum Gasteiger partial charge on any atom is 0.251 e. The van der Waals surface area contributed by atoms with Crippen LogP contribution in [0.25, 0.3) is 0 Å². The minimum Gasteiger partial charge on any atom is -0.348 e. The minimum atomic E-state index is -0.358. The van der Waals surface area contributed by atoms with Crippen LogP contribution in [0.1, 0.15) is 21.5 Å². The molecule has 0 saturated carbocycles. The largest absolute Gasteiger partial charge is 0.348 e. The SMILES string of the molecule is O=C(NCc1ccccc1F)c1ccc(CN2CC(=O)N3CSC[C@@H]3C2=O)cc1. The first-order chi connectivity index (χ1) is 14.0. The summed E-state index contributed by atoms with van der Waals surface area (Å²) in [5, 5.41) is 2.70. The lowest BCUT2D eigenvalue weighted by Crippen LogP contribution is -2.57. The Bertz CT molecular complexity index is 950. The van der Waals surface area contributed by atoms with Crippen molar-refractivity contribution in [3.63, 3.8) is 0 Å². The van der Waals surface area contributed by atoms with Gasteiger partial charge in [0.25, 0.3) is 5.91 Å². The Kier molecular flexibility index (Phi) is 5.53. The molecule has 0 unspecified atom stereocenters. The number of thioether (sulfide) groups is 1. The lowest BCUT2D eigenvalue weighted by Gasteiger charge is -2.35. The van der Waals surface area contributed by atoms with Gasteiger partial charge in [0.05, 0.1) is 5.88 Å². The number of rotatable bonds is 5. The van der Waals surface area contributed by atoms with Gasteiger partial charge in [-0.3, -0.25) is 14.4 Å². The first-order valence-corrected chi connectivity index (χ1v) is 10.4. The van der Waals surface area contributed by atoms with Gasteiger partial charge in [-0.15, -0.1) is 11.8 Å². The van der Waals surface area contributed by atoms with E-state index in [1.54, 1.807) is 64.0 Å². The summed E-state index contributed by atoms with van der Waals surface area (Å²) < 4.78 is 13.6. The summed E-state index contributed by atoms with van der Waals surface area (Å²) in [6.45, 7) is 0.519. The standard InChI is InChI=1S/C21H20FN3O3S/c22-17-4-2-1-3-16(17)9-23-20(27)15-7-5-14(6-8-15)10-24-11-19(26)25-13-29-12-18(25)21(24)28/h1-8,18H,9-13H2,(H,23,27)/t18-/m1/s1. The molecule has 0 aromatic heterocycles. The summed E-state index contributed by atoms with van der Waals surface area (Å²) in [5.41, 5.74) is 1.71. The van der Waals surface area contributed by atoms with Gasteiger partial charge in [-0.05, 0) is 23.8 Å². The molecule has 2 saturated heterocycles. The van der Waals surface area contributed by atoms with Crippen LogP contribution in [0.2, 0.25) is 0 Å². The highest BCUT2D eigenvalue weighted by atomic mass is 32.2. The summed E-state index contributed by atoms with van der Waals surface area (Å²) in [6.07, 6.45) is 0. The number of hydrogen-bond donors (Lipinski definition) is 1. The van der Waals surface area contributed by atoms with Crippen LogP contribution >= 0.6 is 11.8 Å². The van der Waals surface area contributed by atoms with Gasteiger partial charge in [0.2, 0.25) is 11.8 Å². The van der Waals surface area contributed by atoms with Crippen molar-refractivity contribution in [3.8, 4) is 0 Å². The number of carbonyl (C=O) groups excluding carboxylic acids is 3. The predicted molar refractivity (Wildman–Crippen MR) is 107 cm³/mol. The second kappa shape index (κ2) is 8.24. The van der Waals surface area contributed by atoms with Gasteiger partial charge >= 0.3 is 0 Å². The van der Waals surface area contributed by atoms with Gasteiger partial charge in [-0.25, -0.2) is 4.39 Å². The van der Waals surface area contributed by atoms with E-state index < -0.39 is 0 Å². The van der Waals surface area contributed by atoms with E-state index in [2.05, 4.69) is 5.32 Å². The quantitative estimate of drug-likeness (QED) is 0.814. The van der Waals surface area contributed by atoms with Gasteiger partial charge in [-0.1, -0.05) is 30.3 Å². The fourth-order valence-corrected chi connectivity index (χ4v) is 4.64. The first-order valence-electron chi connectivity index (χ1n) is 9.29. The molecule has 2 heterocycles. The van der Waals surface area contributed by atoms with E-state index in [4.69, 9.17) is 0 Å². The van der Waals surface area contributed by atoms with Gasteiger partial charge in [0.15, 0.2) is 0 Å². The van der Waals surface area contributed by atoms with E-state index in [-0.39, 0.29) is 42.7 Å². The number of halogens is 1. The van der Waals surface area contributed by atoms with Crippen LogP contribution in [0.3, 0.4) is 0 Å². The second-order valence-corrected chi connectivity index (χ2v) is 8.04. The Balaban J connectivity index is 1.36. The molecule has 2 fully saturated rings. The molecule has 1 N–H and O–H groups in total. The number of fused-ring (bicyclic) bond motifs is 1. The molecule has 1 atom stereocenters. The zero-order valence-electron chi connectivity index (χ0n) is 15.6. The summed E-state index contributed by atoms with van der Waals surface area (Å²) in [5.74, 6) is 0.512. The van der Waals surface area contributed by atoms with Crippen molar-refractivity contribution >= 4 is 29.5 Å². The van der Waals surface area contributed by atoms with Crippen molar-refractivity contribution < 1.29 is 18.8 Å². The molecule has 29 heavy (non-hydrogen) atoms. The van der Waals surface area contributed by atoms with Crippen LogP contribution in [0.5, 0.6) is 0 Å². The van der Waals surface area contributed by atoms with Crippen LogP contribution in [0.4, 0.5) is 4.39 Å². The zero-order valence-corrected chi connectivity index (χ0v) is 16.5. The van der Waals surface area contributed by atoms with Crippen LogP contribution in [0, 0.1) is 5.82 Å². The normalized spacial score (nSPS) is 18.7. The Morgan fingerprint density at radius 2 is 1.90 bits per heavy atom. The zero-order chi connectivity index (χ0) is 20.4. The Hall–Kier alpha value is -2.87. The topological polar surface area (TPSA) is 69.7 Å². The van der Waals surface area contributed by atoms with Crippen LogP contribution in [-0.4, -0.2) is 51.7 Å². The maximum atomic E-state index is 13.6. The number of amides is 3.